The Kier molecular flexibility index (Phi) is 9.73. The number of esters is 2. The van der Waals surface area contributed by atoms with Gasteiger partial charge in [0.05, 0.1) is 19.3 Å². The lowest BCUT2D eigenvalue weighted by molar-refractivity contribution is -0.156. The Labute approximate surface area is 183 Å². The molecule has 10 nitrogen and oxygen atoms in total. The smallest absolute Gasteiger partial charge is 0.410 e. The van der Waals surface area contributed by atoms with Crippen molar-refractivity contribution >= 4 is 23.9 Å². The molecular weight excluding hydrogens is 408 g/mol. The van der Waals surface area contributed by atoms with Crippen molar-refractivity contribution in [3.63, 3.8) is 0 Å². The third kappa shape index (κ3) is 8.01. The predicted molar refractivity (Wildman–Crippen MR) is 111 cm³/mol. The van der Waals surface area contributed by atoms with Gasteiger partial charge in [0.1, 0.15) is 11.7 Å². The van der Waals surface area contributed by atoms with Crippen molar-refractivity contribution in [2.75, 3.05) is 20.3 Å². The number of rotatable bonds is 9. The monoisotopic (exact) mass is 444 g/mol. The van der Waals surface area contributed by atoms with Crippen molar-refractivity contribution in [3.8, 4) is 0 Å². The van der Waals surface area contributed by atoms with Gasteiger partial charge < -0.3 is 29.5 Å². The zero-order valence-corrected chi connectivity index (χ0v) is 19.4. The summed E-state index contributed by atoms with van der Waals surface area (Å²) in [7, 11) is 1.18. The number of ether oxygens (including phenoxy) is 3. The molecule has 1 rings (SSSR count). The first-order valence-corrected chi connectivity index (χ1v) is 10.5. The molecule has 0 aromatic heterocycles. The Morgan fingerprint density at radius 1 is 1.23 bits per heavy atom. The highest BCUT2D eigenvalue weighted by molar-refractivity contribution is 5.85. The number of methoxy groups -OCH3 is 1. The van der Waals surface area contributed by atoms with Gasteiger partial charge in [-0.1, -0.05) is 0 Å². The fourth-order valence-corrected chi connectivity index (χ4v) is 3.69. The maximum atomic E-state index is 12.6. The third-order valence-electron chi connectivity index (χ3n) is 5.14. The van der Waals surface area contributed by atoms with E-state index < -0.39 is 47.2 Å². The molecule has 0 spiro atoms. The summed E-state index contributed by atoms with van der Waals surface area (Å²) < 4.78 is 15.1. The maximum Gasteiger partial charge on any atom is 0.410 e. The number of hydrogen-bond acceptors (Lipinski definition) is 8. The van der Waals surface area contributed by atoms with E-state index >= 15 is 0 Å². The van der Waals surface area contributed by atoms with Crippen molar-refractivity contribution in [2.45, 2.75) is 90.0 Å². The highest BCUT2D eigenvalue weighted by Crippen LogP contribution is 2.35. The SMILES string of the molecule is COC(=O)[C@@H](NC(=O)CCCC1(CO)CCCN1C(=O)OC(C)(C)C)[C@@H](C)OC(C)=O. The van der Waals surface area contributed by atoms with Crippen molar-refractivity contribution in [3.05, 3.63) is 0 Å². The molecule has 1 aliphatic heterocycles. The Hall–Kier alpha value is -2.36. The summed E-state index contributed by atoms with van der Waals surface area (Å²) in [5.41, 5.74) is -1.43. The van der Waals surface area contributed by atoms with E-state index in [4.69, 9.17) is 9.47 Å². The van der Waals surface area contributed by atoms with Crippen molar-refractivity contribution in [2.24, 2.45) is 0 Å². The average molecular weight is 445 g/mol. The van der Waals surface area contributed by atoms with Crippen molar-refractivity contribution in [1.29, 1.82) is 0 Å². The molecule has 0 aromatic carbocycles. The van der Waals surface area contributed by atoms with Crippen LogP contribution in [0.4, 0.5) is 4.79 Å². The molecule has 10 heteroatoms. The summed E-state index contributed by atoms with van der Waals surface area (Å²) in [6, 6.07) is -1.13. The second kappa shape index (κ2) is 11.3. The lowest BCUT2D eigenvalue weighted by Crippen LogP contribution is -2.52. The highest BCUT2D eigenvalue weighted by atomic mass is 16.6. The van der Waals surface area contributed by atoms with Gasteiger partial charge in [-0.2, -0.15) is 0 Å². The molecule has 0 aromatic rings. The quantitative estimate of drug-likeness (QED) is 0.404. The van der Waals surface area contributed by atoms with Crippen LogP contribution in [0.3, 0.4) is 0 Å². The number of nitrogens with zero attached hydrogens (tertiary/aromatic N) is 1. The standard InChI is InChI=1S/C21H36N2O8/c1-14(30-15(2)25)17(18(27)29-6)22-16(26)9-7-10-21(13-24)11-8-12-23(21)19(28)31-20(3,4)5/h14,17,24H,7-13H2,1-6H3,(H,22,26)/t14-,17+,21?/m1/s1. The number of carbonyl (C=O) groups is 4. The fourth-order valence-electron chi connectivity index (χ4n) is 3.69. The van der Waals surface area contributed by atoms with Crippen LogP contribution in [0.5, 0.6) is 0 Å². The van der Waals surface area contributed by atoms with Crippen LogP contribution in [0.15, 0.2) is 0 Å². The highest BCUT2D eigenvalue weighted by Gasteiger charge is 2.44. The van der Waals surface area contributed by atoms with E-state index in [0.29, 0.717) is 25.8 Å². The van der Waals surface area contributed by atoms with Gasteiger partial charge in [0.2, 0.25) is 5.91 Å². The Bertz CT molecular complexity index is 660. The van der Waals surface area contributed by atoms with Gasteiger partial charge in [0.25, 0.3) is 0 Å². The second-order valence-electron chi connectivity index (χ2n) is 8.85. The minimum Gasteiger partial charge on any atom is -0.467 e. The van der Waals surface area contributed by atoms with Crippen molar-refractivity contribution < 1.29 is 38.5 Å². The molecule has 1 fully saturated rings. The molecule has 0 aliphatic carbocycles. The molecule has 1 saturated heterocycles. The van der Waals surface area contributed by atoms with Crippen LogP contribution in [-0.4, -0.2) is 77.5 Å². The van der Waals surface area contributed by atoms with Gasteiger partial charge >= 0.3 is 18.0 Å². The molecule has 2 amide bonds. The Morgan fingerprint density at radius 2 is 1.87 bits per heavy atom. The third-order valence-corrected chi connectivity index (χ3v) is 5.14. The number of carbonyl (C=O) groups excluding carboxylic acids is 4. The number of nitrogens with one attached hydrogen (secondary N) is 1. The molecule has 1 unspecified atom stereocenters. The summed E-state index contributed by atoms with van der Waals surface area (Å²) in [6.07, 6.45) is 0.804. The summed E-state index contributed by atoms with van der Waals surface area (Å²) in [4.78, 5) is 49.7. The van der Waals surface area contributed by atoms with E-state index in [1.807, 2.05) is 0 Å². The number of likely N-dealkylation sites (tertiary alicyclic amines) is 1. The second-order valence-corrected chi connectivity index (χ2v) is 8.85. The summed E-state index contributed by atoms with van der Waals surface area (Å²) in [5.74, 6) is -1.73. The van der Waals surface area contributed by atoms with Crippen LogP contribution >= 0.6 is 0 Å². The largest absolute Gasteiger partial charge is 0.467 e. The van der Waals surface area contributed by atoms with Crippen molar-refractivity contribution in [1.82, 2.24) is 10.2 Å². The topological polar surface area (TPSA) is 131 Å². The fraction of sp³-hybridized carbons (Fsp3) is 0.810. The van der Waals surface area contributed by atoms with Crippen LogP contribution in [-0.2, 0) is 28.6 Å². The zero-order valence-electron chi connectivity index (χ0n) is 19.4. The first-order valence-electron chi connectivity index (χ1n) is 10.5. The molecule has 31 heavy (non-hydrogen) atoms. The van der Waals surface area contributed by atoms with Crippen LogP contribution in [0.2, 0.25) is 0 Å². The number of amides is 2. The molecule has 2 N–H and O–H groups in total. The molecule has 0 saturated carbocycles. The lowest BCUT2D eigenvalue weighted by atomic mass is 9.90. The van der Waals surface area contributed by atoms with Gasteiger partial charge in [-0.3, -0.25) is 9.59 Å². The lowest BCUT2D eigenvalue weighted by Gasteiger charge is -2.38. The minimum atomic E-state index is -1.13. The number of aliphatic hydroxyl groups is 1. The van der Waals surface area contributed by atoms with Gasteiger partial charge in [-0.05, 0) is 53.4 Å². The van der Waals surface area contributed by atoms with Crippen LogP contribution < -0.4 is 5.32 Å². The summed E-state index contributed by atoms with van der Waals surface area (Å²) in [5, 5.41) is 12.6. The van der Waals surface area contributed by atoms with E-state index in [-0.39, 0.29) is 13.0 Å². The summed E-state index contributed by atoms with van der Waals surface area (Å²) >= 11 is 0. The van der Waals surface area contributed by atoms with Gasteiger partial charge in [0, 0.05) is 19.9 Å². The van der Waals surface area contributed by atoms with Crippen LogP contribution in [0, 0.1) is 0 Å². The molecule has 0 bridgehead atoms. The molecule has 178 valence electrons. The Morgan fingerprint density at radius 3 is 2.39 bits per heavy atom. The normalized spacial score (nSPS) is 20.5. The van der Waals surface area contributed by atoms with E-state index in [9.17, 15) is 24.3 Å². The molecule has 0 radical (unpaired) electrons. The van der Waals surface area contributed by atoms with E-state index in [1.54, 1.807) is 25.7 Å². The van der Waals surface area contributed by atoms with Gasteiger partial charge in [-0.15, -0.1) is 0 Å². The van der Waals surface area contributed by atoms with E-state index in [2.05, 4.69) is 10.1 Å². The molecule has 1 heterocycles. The average Bonchev–Trinajstić information content (AvgIpc) is 3.08. The Balaban J connectivity index is 2.71. The first kappa shape index (κ1) is 26.7. The number of hydrogen-bond donors (Lipinski definition) is 2. The molecule has 1 aliphatic rings. The van der Waals surface area contributed by atoms with Gasteiger partial charge in [-0.25, -0.2) is 9.59 Å². The maximum absolute atomic E-state index is 12.6. The van der Waals surface area contributed by atoms with Crippen LogP contribution in [0.25, 0.3) is 0 Å². The minimum absolute atomic E-state index is 0.0597. The number of aliphatic hydroxyl groups excluding tert-OH is 1. The van der Waals surface area contributed by atoms with Gasteiger partial charge in [0.15, 0.2) is 6.04 Å². The molecular formula is C21H36N2O8. The van der Waals surface area contributed by atoms with E-state index in [0.717, 1.165) is 6.42 Å². The zero-order chi connectivity index (χ0) is 23.8. The molecule has 3 atom stereocenters. The first-order chi connectivity index (χ1) is 14.3. The summed E-state index contributed by atoms with van der Waals surface area (Å²) in [6.45, 7) is 8.27. The van der Waals surface area contributed by atoms with Crippen LogP contribution in [0.1, 0.15) is 66.7 Å². The predicted octanol–water partition coefficient (Wildman–Crippen LogP) is 1.53. The van der Waals surface area contributed by atoms with E-state index in [1.165, 1.54) is 21.0 Å².